The van der Waals surface area contributed by atoms with E-state index in [0.717, 1.165) is 30.0 Å². The van der Waals surface area contributed by atoms with E-state index < -0.39 is 11.2 Å². The van der Waals surface area contributed by atoms with E-state index in [1.807, 2.05) is 41.3 Å². The molecular formula is C21H21NO3S. The summed E-state index contributed by atoms with van der Waals surface area (Å²) in [6, 6.07) is 15.5. The molecule has 1 amide bonds. The number of carbonyl (C=O) groups is 2. The number of anilines is 1. The molecule has 5 heteroatoms. The predicted molar refractivity (Wildman–Crippen MR) is 103 cm³/mol. The van der Waals surface area contributed by atoms with Crippen LogP contribution in [0.1, 0.15) is 42.1 Å². The van der Waals surface area contributed by atoms with Crippen LogP contribution in [0.4, 0.5) is 5.69 Å². The zero-order chi connectivity index (χ0) is 18.3. The van der Waals surface area contributed by atoms with Crippen molar-refractivity contribution >= 4 is 29.3 Å². The standard InChI is InChI=1S/C21H21NO3S/c1-14(20(24)25)26-18-10-5-2-7-15(18)19(23)22-13-21(11-6-12-21)16-8-3-4-9-17(16)22/h2-5,7-10,14H,6,11-13H2,1H3,(H,24,25). The van der Waals surface area contributed by atoms with Crippen LogP contribution < -0.4 is 4.90 Å². The molecule has 1 unspecified atom stereocenters. The van der Waals surface area contributed by atoms with Crippen LogP contribution in [0.15, 0.2) is 53.4 Å². The van der Waals surface area contributed by atoms with Gasteiger partial charge in [0.15, 0.2) is 0 Å². The molecule has 1 aliphatic carbocycles. The number of hydrogen-bond donors (Lipinski definition) is 1. The van der Waals surface area contributed by atoms with E-state index in [4.69, 9.17) is 0 Å². The van der Waals surface area contributed by atoms with Crippen LogP contribution in [0.5, 0.6) is 0 Å². The fraction of sp³-hybridized carbons (Fsp3) is 0.333. The Balaban J connectivity index is 1.68. The molecule has 1 spiro atoms. The fourth-order valence-corrected chi connectivity index (χ4v) is 4.90. The van der Waals surface area contributed by atoms with Gasteiger partial charge in [-0.3, -0.25) is 9.59 Å². The Kier molecular flexibility index (Phi) is 4.27. The largest absolute Gasteiger partial charge is 0.480 e. The first-order valence-corrected chi connectivity index (χ1v) is 9.80. The van der Waals surface area contributed by atoms with Gasteiger partial charge in [0.1, 0.15) is 5.25 Å². The number of fused-ring (bicyclic) bond motifs is 2. The zero-order valence-corrected chi connectivity index (χ0v) is 15.5. The predicted octanol–water partition coefficient (Wildman–Crippen LogP) is 4.33. The molecule has 1 heterocycles. The lowest BCUT2D eigenvalue weighted by Crippen LogP contribution is -2.41. The van der Waals surface area contributed by atoms with E-state index in [2.05, 4.69) is 6.07 Å². The molecule has 1 atom stereocenters. The highest BCUT2D eigenvalue weighted by Crippen LogP contribution is 2.52. The van der Waals surface area contributed by atoms with Crippen molar-refractivity contribution in [1.82, 2.24) is 0 Å². The summed E-state index contributed by atoms with van der Waals surface area (Å²) >= 11 is 1.22. The van der Waals surface area contributed by atoms with Gasteiger partial charge < -0.3 is 10.0 Å². The summed E-state index contributed by atoms with van der Waals surface area (Å²) < 4.78 is 0. The third kappa shape index (κ3) is 2.71. The Bertz CT molecular complexity index is 875. The molecule has 1 N–H and O–H groups in total. The molecule has 0 aromatic heterocycles. The van der Waals surface area contributed by atoms with Crippen LogP contribution >= 0.6 is 11.8 Å². The van der Waals surface area contributed by atoms with Crippen molar-refractivity contribution in [2.75, 3.05) is 11.4 Å². The van der Waals surface area contributed by atoms with Gasteiger partial charge in [-0.05, 0) is 43.5 Å². The highest BCUT2D eigenvalue weighted by atomic mass is 32.2. The summed E-state index contributed by atoms with van der Waals surface area (Å²) in [5.74, 6) is -0.917. The number of benzene rings is 2. The normalized spacial score (nSPS) is 18.3. The maximum absolute atomic E-state index is 13.4. The second kappa shape index (κ2) is 6.47. The zero-order valence-electron chi connectivity index (χ0n) is 14.6. The van der Waals surface area contributed by atoms with Crippen molar-refractivity contribution in [3.63, 3.8) is 0 Å². The smallest absolute Gasteiger partial charge is 0.316 e. The molecule has 0 bridgehead atoms. The molecule has 1 aliphatic heterocycles. The Morgan fingerprint density at radius 1 is 1.12 bits per heavy atom. The molecular weight excluding hydrogens is 346 g/mol. The van der Waals surface area contributed by atoms with Gasteiger partial charge in [-0.15, -0.1) is 11.8 Å². The minimum absolute atomic E-state index is 0.0399. The number of hydrogen-bond acceptors (Lipinski definition) is 3. The number of carboxylic acid groups (broad SMARTS) is 1. The Morgan fingerprint density at radius 2 is 1.81 bits per heavy atom. The number of amides is 1. The van der Waals surface area contributed by atoms with Crippen LogP contribution in [0.25, 0.3) is 0 Å². The molecule has 26 heavy (non-hydrogen) atoms. The van der Waals surface area contributed by atoms with E-state index in [0.29, 0.717) is 5.56 Å². The minimum Gasteiger partial charge on any atom is -0.480 e. The summed E-state index contributed by atoms with van der Waals surface area (Å²) in [5.41, 5.74) is 2.98. The summed E-state index contributed by atoms with van der Waals surface area (Å²) in [4.78, 5) is 27.2. The van der Waals surface area contributed by atoms with Crippen molar-refractivity contribution in [2.24, 2.45) is 0 Å². The maximum Gasteiger partial charge on any atom is 0.316 e. The molecule has 2 aromatic carbocycles. The summed E-state index contributed by atoms with van der Waals surface area (Å²) in [6.45, 7) is 2.36. The van der Waals surface area contributed by atoms with Crippen molar-refractivity contribution in [3.8, 4) is 0 Å². The first-order chi connectivity index (χ1) is 12.5. The van der Waals surface area contributed by atoms with Crippen LogP contribution in [0, 0.1) is 0 Å². The average molecular weight is 367 g/mol. The SMILES string of the molecule is CC(Sc1ccccc1C(=O)N1CC2(CCC2)c2ccccc21)C(=O)O. The van der Waals surface area contributed by atoms with Gasteiger partial charge in [0.05, 0.1) is 5.56 Å². The van der Waals surface area contributed by atoms with E-state index in [9.17, 15) is 14.7 Å². The van der Waals surface area contributed by atoms with Crippen LogP contribution in [0.2, 0.25) is 0 Å². The lowest BCUT2D eigenvalue weighted by molar-refractivity contribution is -0.136. The maximum atomic E-state index is 13.4. The molecule has 1 saturated carbocycles. The molecule has 2 aliphatic rings. The van der Waals surface area contributed by atoms with Crippen LogP contribution in [0.3, 0.4) is 0 Å². The number of aliphatic carboxylic acids is 1. The first kappa shape index (κ1) is 17.2. The summed E-state index contributed by atoms with van der Waals surface area (Å²) in [6.07, 6.45) is 3.46. The molecule has 1 fully saturated rings. The van der Waals surface area contributed by atoms with Crippen LogP contribution in [-0.2, 0) is 10.2 Å². The Labute approximate surface area is 157 Å². The van der Waals surface area contributed by atoms with Gasteiger partial charge in [-0.1, -0.05) is 36.8 Å². The number of para-hydroxylation sites is 1. The first-order valence-electron chi connectivity index (χ1n) is 8.92. The van der Waals surface area contributed by atoms with E-state index in [1.54, 1.807) is 13.0 Å². The van der Waals surface area contributed by atoms with E-state index >= 15 is 0 Å². The lowest BCUT2D eigenvalue weighted by Gasteiger charge is -2.39. The molecule has 0 saturated heterocycles. The van der Waals surface area contributed by atoms with Crippen molar-refractivity contribution in [1.29, 1.82) is 0 Å². The Hall–Kier alpha value is -2.27. The summed E-state index contributed by atoms with van der Waals surface area (Å²) in [7, 11) is 0. The minimum atomic E-state index is -0.878. The molecule has 4 rings (SSSR count). The number of rotatable bonds is 4. The monoisotopic (exact) mass is 367 g/mol. The second-order valence-electron chi connectivity index (χ2n) is 7.14. The molecule has 0 radical (unpaired) electrons. The fourth-order valence-electron chi connectivity index (χ4n) is 3.98. The third-order valence-electron chi connectivity index (χ3n) is 5.55. The van der Waals surface area contributed by atoms with Gasteiger partial charge in [0.2, 0.25) is 0 Å². The van der Waals surface area contributed by atoms with Gasteiger partial charge >= 0.3 is 5.97 Å². The second-order valence-corrected chi connectivity index (χ2v) is 8.52. The number of carboxylic acids is 1. The summed E-state index contributed by atoms with van der Waals surface area (Å²) in [5, 5.41) is 8.60. The number of thioether (sulfide) groups is 1. The van der Waals surface area contributed by atoms with Gasteiger partial charge in [0.25, 0.3) is 5.91 Å². The van der Waals surface area contributed by atoms with Gasteiger partial charge in [0, 0.05) is 22.5 Å². The van der Waals surface area contributed by atoms with E-state index in [-0.39, 0.29) is 11.3 Å². The van der Waals surface area contributed by atoms with Crippen molar-refractivity contribution in [3.05, 3.63) is 59.7 Å². The topological polar surface area (TPSA) is 57.6 Å². The van der Waals surface area contributed by atoms with Gasteiger partial charge in [-0.2, -0.15) is 0 Å². The molecule has 2 aromatic rings. The molecule has 4 nitrogen and oxygen atoms in total. The number of carbonyl (C=O) groups excluding carboxylic acids is 1. The van der Waals surface area contributed by atoms with Gasteiger partial charge in [-0.25, -0.2) is 0 Å². The highest BCUT2D eigenvalue weighted by Gasteiger charge is 2.48. The third-order valence-corrected chi connectivity index (χ3v) is 6.72. The lowest BCUT2D eigenvalue weighted by atomic mass is 9.66. The quantitative estimate of drug-likeness (QED) is 0.817. The van der Waals surface area contributed by atoms with Crippen LogP contribution in [-0.4, -0.2) is 28.8 Å². The van der Waals surface area contributed by atoms with Crippen molar-refractivity contribution in [2.45, 2.75) is 41.7 Å². The van der Waals surface area contributed by atoms with E-state index in [1.165, 1.54) is 23.7 Å². The number of nitrogens with zero attached hydrogens (tertiary/aromatic N) is 1. The Morgan fingerprint density at radius 3 is 2.50 bits per heavy atom. The average Bonchev–Trinajstić information content (AvgIpc) is 2.97. The molecule has 134 valence electrons. The van der Waals surface area contributed by atoms with Crippen molar-refractivity contribution < 1.29 is 14.7 Å². The highest BCUT2D eigenvalue weighted by molar-refractivity contribution is 8.00.